The molecule has 1 heterocycles. The van der Waals surface area contributed by atoms with Crippen molar-refractivity contribution in [2.24, 2.45) is 0 Å². The second-order valence-electron chi connectivity index (χ2n) is 6.82. The molecular weight excluding hydrogens is 392 g/mol. The lowest BCUT2D eigenvalue weighted by Gasteiger charge is -2.30. The van der Waals surface area contributed by atoms with Gasteiger partial charge in [-0.2, -0.15) is 0 Å². The van der Waals surface area contributed by atoms with Gasteiger partial charge in [-0.05, 0) is 44.5 Å². The van der Waals surface area contributed by atoms with Crippen LogP contribution in [-0.2, 0) is 19.6 Å². The molecule has 0 aromatic heterocycles. The van der Waals surface area contributed by atoms with Crippen molar-refractivity contribution in [2.45, 2.75) is 30.3 Å². The topological polar surface area (TPSA) is 92.8 Å². The predicted octanol–water partition coefficient (Wildman–Crippen LogP) is 2.51. The highest BCUT2D eigenvalue weighted by Gasteiger charge is 2.30. The van der Waals surface area contributed by atoms with Gasteiger partial charge in [-0.3, -0.25) is 4.79 Å². The number of benzene rings is 2. The second kappa shape index (κ2) is 9.19. The Morgan fingerprint density at radius 3 is 2.34 bits per heavy atom. The first-order valence-electron chi connectivity index (χ1n) is 9.51. The molecular formula is C21H24N2O5S. The quantitative estimate of drug-likeness (QED) is 0.731. The van der Waals surface area contributed by atoms with E-state index in [4.69, 9.17) is 4.74 Å². The Balaban J connectivity index is 1.87. The monoisotopic (exact) mass is 416 g/mol. The molecule has 1 saturated heterocycles. The summed E-state index contributed by atoms with van der Waals surface area (Å²) in [6, 6.07) is 14.4. The molecule has 1 amide bonds. The summed E-state index contributed by atoms with van der Waals surface area (Å²) >= 11 is 0. The van der Waals surface area contributed by atoms with Crippen molar-refractivity contribution in [3.05, 3.63) is 65.7 Å². The minimum Gasteiger partial charge on any atom is -0.444 e. The Labute approximate surface area is 170 Å². The molecule has 0 aliphatic carbocycles. The zero-order valence-electron chi connectivity index (χ0n) is 16.2. The van der Waals surface area contributed by atoms with Gasteiger partial charge in [0.15, 0.2) is 0 Å². The van der Waals surface area contributed by atoms with Crippen LogP contribution in [0, 0.1) is 0 Å². The number of nitrogens with zero attached hydrogens (tertiary/aromatic N) is 1. The Bertz CT molecular complexity index is 970. The van der Waals surface area contributed by atoms with Crippen LogP contribution in [0.25, 0.3) is 0 Å². The molecule has 0 radical (unpaired) electrons. The van der Waals surface area contributed by atoms with Gasteiger partial charge in [0.25, 0.3) is 5.91 Å². The first-order valence-corrected chi connectivity index (χ1v) is 11.0. The van der Waals surface area contributed by atoms with E-state index in [1.165, 1.54) is 31.3 Å². The number of carbonyl (C=O) groups excluding carboxylic acids is 2. The van der Waals surface area contributed by atoms with Gasteiger partial charge in [0.1, 0.15) is 0 Å². The molecule has 8 heteroatoms. The van der Waals surface area contributed by atoms with E-state index in [9.17, 15) is 18.0 Å². The van der Waals surface area contributed by atoms with Crippen LogP contribution in [0.5, 0.6) is 0 Å². The van der Waals surface area contributed by atoms with Gasteiger partial charge in [-0.1, -0.05) is 36.4 Å². The number of nitrogens with one attached hydrogen (secondary N) is 1. The number of ether oxygens (including phenoxy) is 1. The third-order valence-electron chi connectivity index (χ3n) is 4.87. The summed E-state index contributed by atoms with van der Waals surface area (Å²) in [7, 11) is -2.41. The Morgan fingerprint density at radius 1 is 1.00 bits per heavy atom. The highest BCUT2D eigenvalue weighted by molar-refractivity contribution is 7.89. The highest BCUT2D eigenvalue weighted by Crippen LogP contribution is 2.24. The van der Waals surface area contributed by atoms with E-state index in [0.717, 1.165) is 19.3 Å². The molecule has 2 aromatic carbocycles. The zero-order chi connectivity index (χ0) is 20.9. The Kier molecular flexibility index (Phi) is 6.66. The first-order chi connectivity index (χ1) is 13.9. The molecule has 1 aliphatic heterocycles. The SMILES string of the molecule is CNS(=O)(=O)c1cccc(C(=O)OC(C(=O)N2CCCCC2)c2ccccc2)c1. The van der Waals surface area contributed by atoms with Gasteiger partial charge >= 0.3 is 5.97 Å². The molecule has 1 atom stereocenters. The molecule has 1 fully saturated rings. The maximum Gasteiger partial charge on any atom is 0.339 e. The van der Waals surface area contributed by atoms with Crippen LogP contribution in [0.1, 0.15) is 41.3 Å². The fourth-order valence-corrected chi connectivity index (χ4v) is 4.03. The highest BCUT2D eigenvalue weighted by atomic mass is 32.2. The average molecular weight is 416 g/mol. The molecule has 2 aromatic rings. The van der Waals surface area contributed by atoms with Crippen molar-refractivity contribution in [2.75, 3.05) is 20.1 Å². The van der Waals surface area contributed by atoms with E-state index in [0.29, 0.717) is 18.7 Å². The lowest BCUT2D eigenvalue weighted by atomic mass is 10.1. The van der Waals surface area contributed by atoms with E-state index < -0.39 is 22.1 Å². The molecule has 3 rings (SSSR count). The van der Waals surface area contributed by atoms with E-state index >= 15 is 0 Å². The summed E-state index contributed by atoms with van der Waals surface area (Å²) in [5.74, 6) is -1.01. The van der Waals surface area contributed by atoms with Crippen molar-refractivity contribution < 1.29 is 22.7 Å². The van der Waals surface area contributed by atoms with Crippen LogP contribution in [0.15, 0.2) is 59.5 Å². The Hall–Kier alpha value is -2.71. The maximum absolute atomic E-state index is 13.1. The van der Waals surface area contributed by atoms with Crippen LogP contribution in [0.4, 0.5) is 0 Å². The molecule has 0 bridgehead atoms. The van der Waals surface area contributed by atoms with E-state index in [1.807, 2.05) is 6.07 Å². The third-order valence-corrected chi connectivity index (χ3v) is 6.28. The van der Waals surface area contributed by atoms with Gasteiger partial charge in [-0.25, -0.2) is 17.9 Å². The van der Waals surface area contributed by atoms with Crippen molar-refractivity contribution in [3.8, 4) is 0 Å². The maximum atomic E-state index is 13.1. The normalized spacial score (nSPS) is 15.6. The summed E-state index contributed by atoms with van der Waals surface area (Å²) < 4.78 is 31.8. The summed E-state index contributed by atoms with van der Waals surface area (Å²) in [5.41, 5.74) is 0.643. The van der Waals surface area contributed by atoms with Crippen molar-refractivity contribution >= 4 is 21.9 Å². The summed E-state index contributed by atoms with van der Waals surface area (Å²) in [5, 5.41) is 0. The van der Waals surface area contributed by atoms with E-state index in [2.05, 4.69) is 4.72 Å². The fraction of sp³-hybridized carbons (Fsp3) is 0.333. The molecule has 29 heavy (non-hydrogen) atoms. The van der Waals surface area contributed by atoms with Crippen molar-refractivity contribution in [1.82, 2.24) is 9.62 Å². The Morgan fingerprint density at radius 2 is 1.69 bits per heavy atom. The minimum absolute atomic E-state index is 0.0481. The average Bonchev–Trinajstić information content (AvgIpc) is 2.78. The number of esters is 1. The smallest absolute Gasteiger partial charge is 0.339 e. The van der Waals surface area contributed by atoms with Crippen LogP contribution in [0.2, 0.25) is 0 Å². The van der Waals surface area contributed by atoms with Gasteiger partial charge < -0.3 is 9.64 Å². The molecule has 1 N–H and O–H groups in total. The first kappa shape index (κ1) is 21.0. The van der Waals surface area contributed by atoms with Crippen LogP contribution in [0.3, 0.4) is 0 Å². The summed E-state index contributed by atoms with van der Waals surface area (Å²) in [4.78, 5) is 27.5. The number of hydrogen-bond acceptors (Lipinski definition) is 5. The zero-order valence-corrected chi connectivity index (χ0v) is 17.0. The van der Waals surface area contributed by atoms with Gasteiger partial charge in [0.2, 0.25) is 16.1 Å². The van der Waals surface area contributed by atoms with E-state index in [-0.39, 0.29) is 16.4 Å². The number of likely N-dealkylation sites (tertiary alicyclic amines) is 1. The second-order valence-corrected chi connectivity index (χ2v) is 8.70. The van der Waals surface area contributed by atoms with Crippen molar-refractivity contribution in [1.29, 1.82) is 0 Å². The number of rotatable bonds is 6. The molecule has 0 saturated carbocycles. The third kappa shape index (κ3) is 5.02. The molecule has 1 aliphatic rings. The molecule has 7 nitrogen and oxygen atoms in total. The lowest BCUT2D eigenvalue weighted by molar-refractivity contribution is -0.142. The minimum atomic E-state index is -3.70. The number of sulfonamides is 1. The molecule has 1 unspecified atom stereocenters. The summed E-state index contributed by atoms with van der Waals surface area (Å²) in [6.07, 6.45) is 1.84. The molecule has 0 spiro atoms. The largest absolute Gasteiger partial charge is 0.444 e. The van der Waals surface area contributed by atoms with Crippen molar-refractivity contribution in [3.63, 3.8) is 0 Å². The van der Waals surface area contributed by atoms with Gasteiger partial charge in [-0.15, -0.1) is 0 Å². The fourth-order valence-electron chi connectivity index (χ4n) is 3.25. The van der Waals surface area contributed by atoms with Crippen LogP contribution < -0.4 is 4.72 Å². The number of amides is 1. The number of hydrogen-bond donors (Lipinski definition) is 1. The molecule has 154 valence electrons. The summed E-state index contributed by atoms with van der Waals surface area (Å²) in [6.45, 7) is 1.27. The van der Waals surface area contributed by atoms with Gasteiger partial charge in [0, 0.05) is 18.7 Å². The predicted molar refractivity (Wildman–Crippen MR) is 108 cm³/mol. The van der Waals surface area contributed by atoms with Gasteiger partial charge in [0.05, 0.1) is 10.5 Å². The number of piperidine rings is 1. The van der Waals surface area contributed by atoms with E-state index in [1.54, 1.807) is 29.2 Å². The number of carbonyl (C=O) groups is 2. The van der Waals surface area contributed by atoms with Crippen LogP contribution >= 0.6 is 0 Å². The van der Waals surface area contributed by atoms with Crippen LogP contribution in [-0.4, -0.2) is 45.3 Å². The lowest BCUT2D eigenvalue weighted by Crippen LogP contribution is -2.40. The standard InChI is InChI=1S/C21H24N2O5S/c1-22-29(26,27)18-12-8-11-17(15-18)21(25)28-19(16-9-4-2-5-10-16)20(24)23-13-6-3-7-14-23/h2,4-5,8-12,15,19,22H,3,6-7,13-14H2,1H3.